The van der Waals surface area contributed by atoms with Crippen LogP contribution in [0.4, 0.5) is 0 Å². The number of hydrogen-bond acceptors (Lipinski definition) is 14. The molecule has 1 saturated carbocycles. The number of aliphatic imine (C=N–C) groups is 7. The Balaban J connectivity index is 0.000000302. The van der Waals surface area contributed by atoms with E-state index < -0.39 is 0 Å². The topological polar surface area (TPSA) is 177 Å². The summed E-state index contributed by atoms with van der Waals surface area (Å²) in [6, 6.07) is 51.7. The van der Waals surface area contributed by atoms with Gasteiger partial charge in [0.25, 0.3) is 0 Å². The van der Waals surface area contributed by atoms with Gasteiger partial charge in [-0.05, 0) is 124 Å². The third-order valence-electron chi connectivity index (χ3n) is 9.04. The van der Waals surface area contributed by atoms with Crippen LogP contribution >= 0.6 is 0 Å². The molecule has 0 aliphatic heterocycles. The van der Waals surface area contributed by atoms with Crippen molar-refractivity contribution in [3.05, 3.63) is 247 Å². The van der Waals surface area contributed by atoms with Crippen molar-refractivity contribution in [2.45, 2.75) is 59.2 Å². The molecule has 0 amide bonds. The zero-order chi connectivity index (χ0) is 52.9. The molecule has 0 spiro atoms. The van der Waals surface area contributed by atoms with Crippen LogP contribution in [0.5, 0.6) is 0 Å². The molecule has 1 atom stereocenters. The minimum absolute atomic E-state index is 0. The lowest BCUT2D eigenvalue weighted by Gasteiger charge is -2.05. The third-order valence-corrected chi connectivity index (χ3v) is 9.04. The Bertz CT molecular complexity index is 2540. The highest BCUT2D eigenvalue weighted by atomic mass is 14.8. The van der Waals surface area contributed by atoms with Crippen molar-refractivity contribution in [2.24, 2.45) is 34.9 Å². The van der Waals surface area contributed by atoms with Gasteiger partial charge in [0.2, 0.25) is 0 Å². The maximum Gasteiger partial charge on any atom is 0.0808 e. The highest BCUT2D eigenvalue weighted by molar-refractivity contribution is 5.79. The van der Waals surface area contributed by atoms with E-state index in [1.54, 1.807) is 103 Å². The van der Waals surface area contributed by atoms with E-state index in [-0.39, 0.29) is 13.5 Å². The van der Waals surface area contributed by atoms with Gasteiger partial charge in [-0.1, -0.05) is 80.2 Å². The summed E-state index contributed by atoms with van der Waals surface area (Å²) < 4.78 is 0. The molecule has 1 aliphatic carbocycles. The molecule has 75 heavy (non-hydrogen) atoms. The van der Waals surface area contributed by atoms with Crippen molar-refractivity contribution in [3.8, 4) is 0 Å². The lowest BCUT2D eigenvalue weighted by molar-refractivity contribution is 0.824. The summed E-state index contributed by atoms with van der Waals surface area (Å²) in [6.45, 7) is 6.16. The Morgan fingerprint density at radius 3 is 0.867 bits per heavy atom. The Labute approximate surface area is 445 Å². The average molecular weight is 1000 g/mol. The maximum atomic E-state index is 4.48. The van der Waals surface area contributed by atoms with Crippen LogP contribution in [-0.2, 0) is 0 Å². The van der Waals surface area contributed by atoms with Gasteiger partial charge < -0.3 is 0 Å². The zero-order valence-electron chi connectivity index (χ0n) is 43.5. The van der Waals surface area contributed by atoms with E-state index in [1.165, 1.54) is 18.4 Å². The Kier molecular flexibility index (Phi) is 34.4. The second-order valence-electron chi connectivity index (χ2n) is 15.6. The summed E-state index contributed by atoms with van der Waals surface area (Å²) in [5.41, 5.74) is 7.60. The molecule has 8 aromatic rings. The number of nitrogens with zero attached hydrogens (tertiary/aromatic N) is 14. The van der Waals surface area contributed by atoms with Crippen LogP contribution in [0.3, 0.4) is 0 Å². The normalized spacial score (nSPS) is 11.9. The molecule has 14 heteroatoms. The minimum Gasteiger partial charge on any atom is -0.294 e. The lowest BCUT2D eigenvalue weighted by atomic mass is 10.1. The zero-order valence-corrected chi connectivity index (χ0v) is 43.5. The molecule has 1 aromatic carbocycles. The molecule has 14 nitrogen and oxygen atoms in total. The number of hydrogen-bond donors (Lipinski definition) is 0. The van der Waals surface area contributed by atoms with Crippen molar-refractivity contribution in [3.63, 3.8) is 0 Å². The molecule has 9 rings (SSSR count). The first-order valence-electron chi connectivity index (χ1n) is 24.0. The number of pyridine rings is 7. The Hall–Kier alpha value is -9.04. The van der Waals surface area contributed by atoms with Gasteiger partial charge >= 0.3 is 0 Å². The standard InChI is InChI=1S/C14H14N2.C9H10N2.C9H12N2.4C7H8N2.CH4/c1-12(13-7-3-2-4-8-13)16-11-14-9-5-6-10-15-14;1-2-6-10-9(3-1)7-11-8-4-5-8;1-8(2)11-7-9-5-3-4-6-10-9;4*1-8-6-7-4-2-3-5-9-7;/h2-12H,1H3;1-3,6-8H,4-5H2;3-8H,1-2H3;4*2-6H,1H3;1H4. The van der Waals surface area contributed by atoms with Gasteiger partial charge in [-0.15, -0.1) is 0 Å². The van der Waals surface area contributed by atoms with Gasteiger partial charge in [-0.3, -0.25) is 69.8 Å². The molecule has 386 valence electrons. The first-order chi connectivity index (χ1) is 36.3. The van der Waals surface area contributed by atoms with Crippen LogP contribution in [0.1, 0.15) is 92.5 Å². The molecule has 0 radical (unpaired) electrons. The average Bonchev–Trinajstić information content (AvgIpc) is 4.30. The summed E-state index contributed by atoms with van der Waals surface area (Å²) in [5.74, 6) is 0. The lowest BCUT2D eigenvalue weighted by Crippen LogP contribution is -1.91. The van der Waals surface area contributed by atoms with Gasteiger partial charge in [0.1, 0.15) is 0 Å². The Morgan fingerprint density at radius 1 is 0.347 bits per heavy atom. The molecular weight excluding hydrogens is 929 g/mol. The SMILES string of the molecule is C.C(=NC1CC1)c1ccccn1.CC(C)N=Cc1ccccn1.CC(N=Cc1ccccn1)c1ccccc1.CN=Cc1ccccn1.CN=Cc1ccccn1.CN=Cc1ccccn1.CN=Cc1ccccn1. The quantitative estimate of drug-likeness (QED) is 0.116. The summed E-state index contributed by atoms with van der Waals surface area (Å²) in [4.78, 5) is 56.8. The van der Waals surface area contributed by atoms with E-state index in [1.807, 2.05) is 172 Å². The molecular formula is C61H72N14. The molecule has 1 aliphatic rings. The van der Waals surface area contributed by atoms with Gasteiger partial charge in [0.05, 0.1) is 51.9 Å². The van der Waals surface area contributed by atoms with Crippen LogP contribution in [0.15, 0.2) is 236 Å². The van der Waals surface area contributed by atoms with Crippen molar-refractivity contribution in [1.29, 1.82) is 0 Å². The van der Waals surface area contributed by atoms with Crippen molar-refractivity contribution >= 4 is 43.5 Å². The van der Waals surface area contributed by atoms with Gasteiger partial charge in [-0.25, -0.2) is 0 Å². The van der Waals surface area contributed by atoms with E-state index in [2.05, 4.69) is 88.9 Å². The monoisotopic (exact) mass is 1000 g/mol. The first kappa shape index (κ1) is 62.1. The molecule has 1 fully saturated rings. The fourth-order valence-corrected chi connectivity index (χ4v) is 5.33. The van der Waals surface area contributed by atoms with Crippen LogP contribution in [0.2, 0.25) is 0 Å². The van der Waals surface area contributed by atoms with Crippen molar-refractivity contribution < 1.29 is 0 Å². The van der Waals surface area contributed by atoms with Gasteiger partial charge in [0, 0.05) is 121 Å². The molecule has 0 bridgehead atoms. The predicted octanol–water partition coefficient (Wildman–Crippen LogP) is 12.0. The number of aromatic nitrogens is 7. The van der Waals surface area contributed by atoms with Crippen LogP contribution < -0.4 is 0 Å². The third kappa shape index (κ3) is 32.5. The second kappa shape index (κ2) is 41.6. The molecule has 7 aromatic heterocycles. The number of benzene rings is 1. The predicted molar refractivity (Wildman–Crippen MR) is 316 cm³/mol. The van der Waals surface area contributed by atoms with Crippen LogP contribution in [0.25, 0.3) is 0 Å². The molecule has 7 heterocycles. The maximum absolute atomic E-state index is 4.48. The minimum atomic E-state index is 0. The summed E-state index contributed by atoms with van der Waals surface area (Å²) in [7, 11) is 6.92. The summed E-state index contributed by atoms with van der Waals surface area (Å²) in [6.07, 6.45) is 27.2. The first-order valence-corrected chi connectivity index (χ1v) is 24.0. The Morgan fingerprint density at radius 2 is 0.613 bits per heavy atom. The smallest absolute Gasteiger partial charge is 0.0808 e. The van der Waals surface area contributed by atoms with Gasteiger partial charge in [-0.2, -0.15) is 0 Å². The fraction of sp³-hybridized carbons (Fsp3) is 0.213. The summed E-state index contributed by atoms with van der Waals surface area (Å²) in [5, 5.41) is 0. The molecule has 0 saturated heterocycles. The van der Waals surface area contributed by atoms with Gasteiger partial charge in [0.15, 0.2) is 0 Å². The highest BCUT2D eigenvalue weighted by Gasteiger charge is 2.18. The van der Waals surface area contributed by atoms with E-state index in [9.17, 15) is 0 Å². The highest BCUT2D eigenvalue weighted by Crippen LogP contribution is 2.23. The van der Waals surface area contributed by atoms with Crippen molar-refractivity contribution in [2.75, 3.05) is 28.2 Å². The van der Waals surface area contributed by atoms with Crippen LogP contribution in [0, 0.1) is 0 Å². The van der Waals surface area contributed by atoms with E-state index in [0.29, 0.717) is 12.1 Å². The molecule has 1 unspecified atom stereocenters. The summed E-state index contributed by atoms with van der Waals surface area (Å²) >= 11 is 0. The van der Waals surface area contributed by atoms with E-state index >= 15 is 0 Å². The van der Waals surface area contributed by atoms with E-state index in [0.717, 1.165) is 39.9 Å². The van der Waals surface area contributed by atoms with E-state index in [4.69, 9.17) is 0 Å². The van der Waals surface area contributed by atoms with Crippen molar-refractivity contribution in [1.82, 2.24) is 34.9 Å². The van der Waals surface area contributed by atoms with Crippen LogP contribution in [-0.4, -0.2) is 119 Å². The largest absolute Gasteiger partial charge is 0.294 e. The number of rotatable bonds is 11. The fourth-order valence-electron chi connectivity index (χ4n) is 5.33. The molecule has 0 N–H and O–H groups in total. The second-order valence-corrected chi connectivity index (χ2v) is 15.6.